The van der Waals surface area contributed by atoms with E-state index in [1.165, 1.54) is 0 Å². The van der Waals surface area contributed by atoms with Gasteiger partial charge in [-0.05, 0) is 20.8 Å². The molecule has 10 heavy (non-hydrogen) atoms. The van der Waals surface area contributed by atoms with Crippen LogP contribution in [-0.4, -0.2) is 18.8 Å². The van der Waals surface area contributed by atoms with Crippen LogP contribution in [0.1, 0.15) is 35.6 Å². The van der Waals surface area contributed by atoms with E-state index < -0.39 is 0 Å². The molecule has 2 nitrogen and oxygen atoms in total. The Morgan fingerprint density at radius 2 is 1.60 bits per heavy atom. The largest absolute Gasteiger partial charge is 0.377 e. The lowest BCUT2D eigenvalue weighted by Crippen LogP contribution is -2.23. The number of nitrogens with two attached hydrogens (primary N) is 1. The second-order valence-corrected chi connectivity index (χ2v) is 2.36. The molecule has 0 aromatic heterocycles. The molecule has 0 fully saturated rings. The van der Waals surface area contributed by atoms with Gasteiger partial charge >= 0.3 is 0 Å². The van der Waals surface area contributed by atoms with Crippen molar-refractivity contribution in [1.82, 2.24) is 0 Å². The summed E-state index contributed by atoms with van der Waals surface area (Å²) in [5.41, 5.74) is 5.42. The Labute approximate surface area is 65.8 Å². The van der Waals surface area contributed by atoms with E-state index in [0.717, 1.165) is 0 Å². The van der Waals surface area contributed by atoms with Crippen molar-refractivity contribution in [2.75, 3.05) is 6.61 Å². The Morgan fingerprint density at radius 1 is 1.20 bits per heavy atom. The van der Waals surface area contributed by atoms with E-state index in [-0.39, 0.29) is 20.9 Å². The van der Waals surface area contributed by atoms with Crippen LogP contribution in [0.3, 0.4) is 0 Å². The molecule has 2 heteroatoms. The molecule has 0 aromatic rings. The quantitative estimate of drug-likeness (QED) is 0.666. The molecule has 0 saturated carbocycles. The Bertz CT molecular complexity index is 45.2. The molecule has 66 valence electrons. The number of rotatable bonds is 3. The van der Waals surface area contributed by atoms with Crippen molar-refractivity contribution in [1.29, 1.82) is 0 Å². The van der Waals surface area contributed by atoms with Crippen LogP contribution >= 0.6 is 0 Å². The van der Waals surface area contributed by atoms with Gasteiger partial charge in [-0.2, -0.15) is 0 Å². The molecule has 0 bridgehead atoms. The van der Waals surface area contributed by atoms with E-state index >= 15 is 0 Å². The summed E-state index contributed by atoms with van der Waals surface area (Å²) in [6, 6.07) is 0.164. The maximum Gasteiger partial charge on any atom is 0.0618 e. The van der Waals surface area contributed by atoms with Gasteiger partial charge in [-0.15, -0.1) is 0 Å². The molecule has 1 unspecified atom stereocenters. The van der Waals surface area contributed by atoms with E-state index in [0.29, 0.717) is 12.7 Å². The molecular weight excluding hydrogens is 126 g/mol. The van der Waals surface area contributed by atoms with Gasteiger partial charge in [0.05, 0.1) is 12.7 Å². The van der Waals surface area contributed by atoms with Gasteiger partial charge in [-0.1, -0.05) is 14.9 Å². The Balaban J connectivity index is -0.000000245. The number of hydrogen-bond donors (Lipinski definition) is 1. The van der Waals surface area contributed by atoms with Crippen LogP contribution in [0.5, 0.6) is 0 Å². The highest BCUT2D eigenvalue weighted by Gasteiger charge is 1.94. The minimum atomic E-state index is 0. The normalized spacial score (nSPS) is 11.7. The van der Waals surface area contributed by atoms with Gasteiger partial charge < -0.3 is 10.5 Å². The van der Waals surface area contributed by atoms with Gasteiger partial charge in [-0.3, -0.25) is 0 Å². The average Bonchev–Trinajstić information content (AvgIpc) is 1.61. The van der Waals surface area contributed by atoms with E-state index in [4.69, 9.17) is 10.5 Å². The van der Waals surface area contributed by atoms with Crippen LogP contribution < -0.4 is 5.73 Å². The zero-order valence-corrected chi connectivity index (χ0v) is 5.85. The third kappa shape index (κ3) is 15.7. The molecule has 0 spiro atoms. The van der Waals surface area contributed by atoms with Gasteiger partial charge in [0, 0.05) is 6.04 Å². The highest BCUT2D eigenvalue weighted by atomic mass is 16.5. The fourth-order valence-electron chi connectivity index (χ4n) is 0.344. The molecule has 0 aliphatic rings. The molecule has 1 atom stereocenters. The molecule has 0 amide bonds. The van der Waals surface area contributed by atoms with E-state index in [1.807, 2.05) is 20.8 Å². The van der Waals surface area contributed by atoms with Crippen molar-refractivity contribution in [3.8, 4) is 0 Å². The van der Waals surface area contributed by atoms with Crippen LogP contribution in [0, 0.1) is 0 Å². The maximum atomic E-state index is 5.42. The summed E-state index contributed by atoms with van der Waals surface area (Å²) in [5.74, 6) is 0. The third-order valence-electron chi connectivity index (χ3n) is 0.692. The molecule has 0 saturated heterocycles. The van der Waals surface area contributed by atoms with Gasteiger partial charge in [0.1, 0.15) is 0 Å². The predicted octanol–water partition coefficient (Wildman–Crippen LogP) is 2.03. The SMILES string of the molecule is C.C.CC(N)COC(C)C. The topological polar surface area (TPSA) is 35.2 Å². The van der Waals surface area contributed by atoms with Crippen LogP contribution in [0.15, 0.2) is 0 Å². The van der Waals surface area contributed by atoms with Gasteiger partial charge in [-0.25, -0.2) is 0 Å². The molecule has 0 aliphatic heterocycles. The summed E-state index contributed by atoms with van der Waals surface area (Å²) in [4.78, 5) is 0. The van der Waals surface area contributed by atoms with Gasteiger partial charge in [0.2, 0.25) is 0 Å². The third-order valence-corrected chi connectivity index (χ3v) is 0.692. The Hall–Kier alpha value is -0.0800. The van der Waals surface area contributed by atoms with Gasteiger partial charge in [0.25, 0.3) is 0 Å². The zero-order chi connectivity index (χ0) is 6.57. The Morgan fingerprint density at radius 3 is 1.70 bits per heavy atom. The molecule has 2 N–H and O–H groups in total. The lowest BCUT2D eigenvalue weighted by Gasteiger charge is -2.08. The molecular formula is C8H23NO. The first kappa shape index (κ1) is 16.5. The fourth-order valence-corrected chi connectivity index (χ4v) is 0.344. The van der Waals surface area contributed by atoms with Crippen molar-refractivity contribution >= 4 is 0 Å². The Kier molecular flexibility index (Phi) is 14.7. The molecule has 0 heterocycles. The van der Waals surface area contributed by atoms with Crippen LogP contribution in [0.25, 0.3) is 0 Å². The molecule has 0 aliphatic carbocycles. The lowest BCUT2D eigenvalue weighted by molar-refractivity contribution is 0.0712. The molecule has 0 rings (SSSR count). The fraction of sp³-hybridized carbons (Fsp3) is 1.00. The van der Waals surface area contributed by atoms with Crippen molar-refractivity contribution < 1.29 is 4.74 Å². The summed E-state index contributed by atoms with van der Waals surface area (Å²) >= 11 is 0. The van der Waals surface area contributed by atoms with Gasteiger partial charge in [0.15, 0.2) is 0 Å². The first-order chi connectivity index (χ1) is 3.63. The monoisotopic (exact) mass is 149 g/mol. The minimum Gasteiger partial charge on any atom is -0.377 e. The average molecular weight is 149 g/mol. The smallest absolute Gasteiger partial charge is 0.0618 e. The summed E-state index contributed by atoms with van der Waals surface area (Å²) in [6.07, 6.45) is 0.306. The summed E-state index contributed by atoms with van der Waals surface area (Å²) in [5, 5.41) is 0. The van der Waals surface area contributed by atoms with E-state index in [1.54, 1.807) is 0 Å². The minimum absolute atomic E-state index is 0. The molecule has 0 radical (unpaired) electrons. The second-order valence-electron chi connectivity index (χ2n) is 2.36. The molecule has 0 aromatic carbocycles. The highest BCUT2D eigenvalue weighted by Crippen LogP contribution is 1.87. The standard InChI is InChI=1S/C6H15NO.2CH4/c1-5(2)8-4-6(3)7;;/h5-6H,4,7H2,1-3H3;2*1H4. The maximum absolute atomic E-state index is 5.42. The summed E-state index contributed by atoms with van der Waals surface area (Å²) in [7, 11) is 0. The zero-order valence-electron chi connectivity index (χ0n) is 5.85. The lowest BCUT2D eigenvalue weighted by atomic mass is 10.4. The van der Waals surface area contributed by atoms with Crippen LogP contribution in [0.4, 0.5) is 0 Å². The second kappa shape index (κ2) is 8.92. The van der Waals surface area contributed by atoms with Crippen molar-refractivity contribution in [3.63, 3.8) is 0 Å². The van der Waals surface area contributed by atoms with E-state index in [9.17, 15) is 0 Å². The highest BCUT2D eigenvalue weighted by molar-refractivity contribution is 4.49. The first-order valence-corrected chi connectivity index (χ1v) is 3.00. The first-order valence-electron chi connectivity index (χ1n) is 3.00. The van der Waals surface area contributed by atoms with Crippen molar-refractivity contribution in [2.24, 2.45) is 5.73 Å². The summed E-state index contributed by atoms with van der Waals surface area (Å²) in [6.45, 7) is 6.60. The summed E-state index contributed by atoms with van der Waals surface area (Å²) < 4.78 is 5.18. The van der Waals surface area contributed by atoms with Crippen LogP contribution in [-0.2, 0) is 4.74 Å². The van der Waals surface area contributed by atoms with E-state index in [2.05, 4.69) is 0 Å². The van der Waals surface area contributed by atoms with Crippen molar-refractivity contribution in [2.45, 2.75) is 47.8 Å². The van der Waals surface area contributed by atoms with Crippen molar-refractivity contribution in [3.05, 3.63) is 0 Å². The number of ether oxygens (including phenoxy) is 1. The predicted molar refractivity (Wildman–Crippen MR) is 48.2 cm³/mol. The number of hydrogen-bond acceptors (Lipinski definition) is 2. The van der Waals surface area contributed by atoms with Crippen LogP contribution in [0.2, 0.25) is 0 Å².